The SMILES string of the molecule is CN(C)[C@H](CNC(=O)c1nn(-c2ccccc2)c(=O)c2ccccc12)c1c(F)cccc1Cl. The molecule has 4 rings (SSSR count). The number of fused-ring (bicyclic) bond motifs is 1. The molecule has 0 spiro atoms. The number of hydrogen-bond acceptors (Lipinski definition) is 4. The molecular weight excluding hydrogens is 443 g/mol. The lowest BCUT2D eigenvalue weighted by Gasteiger charge is -2.26. The first-order valence-corrected chi connectivity index (χ1v) is 10.7. The first kappa shape index (κ1) is 22.6. The van der Waals surface area contributed by atoms with Gasteiger partial charge in [0.1, 0.15) is 5.82 Å². The van der Waals surface area contributed by atoms with Crippen LogP contribution in [0.3, 0.4) is 0 Å². The van der Waals surface area contributed by atoms with E-state index in [9.17, 15) is 14.0 Å². The van der Waals surface area contributed by atoms with E-state index in [-0.39, 0.29) is 22.8 Å². The first-order chi connectivity index (χ1) is 15.9. The average molecular weight is 465 g/mol. The van der Waals surface area contributed by atoms with E-state index in [4.69, 9.17) is 11.6 Å². The Hall–Kier alpha value is -3.55. The molecule has 1 atom stereocenters. The standard InChI is InChI=1S/C25H22ClFN4O2/c1-30(2)21(22-19(26)13-8-14-20(22)27)15-28-24(32)23-17-11-6-7-12-18(17)25(33)31(29-23)16-9-4-3-5-10-16/h3-14,21H,15H2,1-2H3,(H,28,32)/t21-/m1/s1. The van der Waals surface area contributed by atoms with Crippen molar-refractivity contribution in [1.82, 2.24) is 20.0 Å². The van der Waals surface area contributed by atoms with E-state index in [1.54, 1.807) is 73.6 Å². The molecule has 0 unspecified atom stereocenters. The molecule has 0 aliphatic rings. The van der Waals surface area contributed by atoms with Crippen LogP contribution in [0.15, 0.2) is 77.6 Å². The van der Waals surface area contributed by atoms with Crippen LogP contribution >= 0.6 is 11.6 Å². The Morgan fingerprint density at radius 2 is 1.70 bits per heavy atom. The molecule has 1 N–H and O–H groups in total. The second-order valence-electron chi connectivity index (χ2n) is 7.77. The number of carbonyl (C=O) groups excluding carboxylic acids is 1. The smallest absolute Gasteiger partial charge is 0.279 e. The van der Waals surface area contributed by atoms with E-state index in [1.165, 1.54) is 16.8 Å². The summed E-state index contributed by atoms with van der Waals surface area (Å²) in [5, 5.41) is 8.32. The van der Waals surface area contributed by atoms with Crippen LogP contribution in [0.1, 0.15) is 22.1 Å². The summed E-state index contributed by atoms with van der Waals surface area (Å²) in [6, 6.07) is 19.7. The van der Waals surface area contributed by atoms with E-state index in [1.807, 2.05) is 6.07 Å². The van der Waals surface area contributed by atoms with Gasteiger partial charge in [-0.25, -0.2) is 4.39 Å². The van der Waals surface area contributed by atoms with Gasteiger partial charge in [-0.1, -0.05) is 54.1 Å². The number of hydrogen-bond donors (Lipinski definition) is 1. The summed E-state index contributed by atoms with van der Waals surface area (Å²) in [5.41, 5.74) is 0.631. The van der Waals surface area contributed by atoms with Crippen molar-refractivity contribution in [3.8, 4) is 5.69 Å². The third-order valence-electron chi connectivity index (χ3n) is 5.43. The van der Waals surface area contributed by atoms with Crippen molar-refractivity contribution in [2.75, 3.05) is 20.6 Å². The molecule has 0 saturated heterocycles. The Morgan fingerprint density at radius 1 is 1.03 bits per heavy atom. The van der Waals surface area contributed by atoms with Crippen LogP contribution in [0, 0.1) is 5.82 Å². The Labute approximate surface area is 195 Å². The van der Waals surface area contributed by atoms with Gasteiger partial charge in [-0.2, -0.15) is 9.78 Å². The largest absolute Gasteiger partial charge is 0.349 e. The molecule has 0 fully saturated rings. The Kier molecular flexibility index (Phi) is 6.53. The molecule has 0 bridgehead atoms. The minimum atomic E-state index is -0.506. The van der Waals surface area contributed by atoms with E-state index in [0.717, 1.165) is 0 Å². The summed E-state index contributed by atoms with van der Waals surface area (Å²) in [4.78, 5) is 28.1. The zero-order valence-corrected chi connectivity index (χ0v) is 18.9. The lowest BCUT2D eigenvalue weighted by molar-refractivity contribution is 0.0936. The zero-order valence-electron chi connectivity index (χ0n) is 18.1. The molecule has 8 heteroatoms. The maximum Gasteiger partial charge on any atom is 0.279 e. The van der Waals surface area contributed by atoms with Gasteiger partial charge in [0.05, 0.1) is 17.1 Å². The molecule has 0 aliphatic heterocycles. The topological polar surface area (TPSA) is 67.2 Å². The second kappa shape index (κ2) is 9.52. The monoisotopic (exact) mass is 464 g/mol. The summed E-state index contributed by atoms with van der Waals surface area (Å²) < 4.78 is 15.7. The van der Waals surface area contributed by atoms with Crippen LogP contribution < -0.4 is 10.9 Å². The van der Waals surface area contributed by atoms with E-state index in [0.29, 0.717) is 22.0 Å². The fourth-order valence-corrected chi connectivity index (χ4v) is 4.04. The fourth-order valence-electron chi connectivity index (χ4n) is 3.75. The molecule has 1 amide bonds. The molecule has 1 heterocycles. The van der Waals surface area contributed by atoms with E-state index in [2.05, 4.69) is 10.4 Å². The second-order valence-corrected chi connectivity index (χ2v) is 8.18. The van der Waals surface area contributed by atoms with Crippen LogP contribution in [0.4, 0.5) is 4.39 Å². The third-order valence-corrected chi connectivity index (χ3v) is 5.76. The highest BCUT2D eigenvalue weighted by molar-refractivity contribution is 6.31. The van der Waals surface area contributed by atoms with Crippen molar-refractivity contribution in [1.29, 1.82) is 0 Å². The van der Waals surface area contributed by atoms with Crippen molar-refractivity contribution in [2.45, 2.75) is 6.04 Å². The highest BCUT2D eigenvalue weighted by Crippen LogP contribution is 2.28. The zero-order chi connectivity index (χ0) is 23.5. The van der Waals surface area contributed by atoms with E-state index >= 15 is 0 Å². The number of likely N-dealkylation sites (N-methyl/N-ethyl adjacent to an activating group) is 1. The van der Waals surface area contributed by atoms with Crippen LogP contribution in [-0.2, 0) is 0 Å². The normalized spacial score (nSPS) is 12.2. The van der Waals surface area contributed by atoms with Crippen molar-refractivity contribution in [2.24, 2.45) is 0 Å². The minimum absolute atomic E-state index is 0.0902. The molecule has 6 nitrogen and oxygen atoms in total. The summed E-state index contributed by atoms with van der Waals surface area (Å²) in [6.45, 7) is 0.0902. The van der Waals surface area contributed by atoms with Gasteiger partial charge in [0.25, 0.3) is 11.5 Å². The van der Waals surface area contributed by atoms with Gasteiger partial charge in [-0.05, 0) is 44.4 Å². The molecule has 4 aromatic rings. The third kappa shape index (κ3) is 4.51. The number of amides is 1. The predicted octanol–water partition coefficient (Wildman–Crippen LogP) is 4.21. The van der Waals surface area contributed by atoms with Crippen molar-refractivity contribution in [3.05, 3.63) is 105 Å². The molecule has 1 aromatic heterocycles. The maximum atomic E-state index is 14.5. The van der Waals surface area contributed by atoms with Crippen LogP contribution in [0.25, 0.3) is 16.5 Å². The summed E-state index contributed by atoms with van der Waals surface area (Å²) >= 11 is 6.26. The Morgan fingerprint density at radius 3 is 2.36 bits per heavy atom. The molecule has 0 saturated carbocycles. The first-order valence-electron chi connectivity index (χ1n) is 10.3. The quantitative estimate of drug-likeness (QED) is 0.464. The average Bonchev–Trinajstić information content (AvgIpc) is 2.81. The molecule has 0 radical (unpaired) electrons. The molecule has 33 heavy (non-hydrogen) atoms. The Bertz CT molecular complexity index is 1350. The number of rotatable bonds is 6. The van der Waals surface area contributed by atoms with Crippen LogP contribution in [0.2, 0.25) is 5.02 Å². The van der Waals surface area contributed by atoms with Gasteiger partial charge in [0.15, 0.2) is 5.69 Å². The van der Waals surface area contributed by atoms with Gasteiger partial charge in [0.2, 0.25) is 0 Å². The predicted molar refractivity (Wildman–Crippen MR) is 128 cm³/mol. The Balaban J connectivity index is 1.72. The van der Waals surface area contributed by atoms with Crippen LogP contribution in [0.5, 0.6) is 0 Å². The van der Waals surface area contributed by atoms with E-state index < -0.39 is 17.8 Å². The number of halogens is 2. The maximum absolute atomic E-state index is 14.5. The van der Waals surface area contributed by atoms with Gasteiger partial charge >= 0.3 is 0 Å². The summed E-state index contributed by atoms with van der Waals surface area (Å²) in [7, 11) is 3.56. The number of nitrogens with one attached hydrogen (secondary N) is 1. The molecular formula is C25H22ClFN4O2. The van der Waals surface area contributed by atoms with Crippen molar-refractivity contribution < 1.29 is 9.18 Å². The highest BCUT2D eigenvalue weighted by atomic mass is 35.5. The van der Waals surface area contributed by atoms with Crippen molar-refractivity contribution >= 4 is 28.3 Å². The summed E-state index contributed by atoms with van der Waals surface area (Å²) in [5.74, 6) is -0.924. The minimum Gasteiger partial charge on any atom is -0.349 e. The molecule has 168 valence electrons. The van der Waals surface area contributed by atoms with Gasteiger partial charge in [-0.3, -0.25) is 9.59 Å². The lowest BCUT2D eigenvalue weighted by atomic mass is 10.0. The highest BCUT2D eigenvalue weighted by Gasteiger charge is 2.24. The number of benzene rings is 3. The number of para-hydroxylation sites is 1. The lowest BCUT2D eigenvalue weighted by Crippen LogP contribution is -2.36. The molecule has 0 aliphatic carbocycles. The molecule has 3 aromatic carbocycles. The van der Waals surface area contributed by atoms with Crippen molar-refractivity contribution in [3.63, 3.8) is 0 Å². The van der Waals surface area contributed by atoms with Gasteiger partial charge in [0, 0.05) is 22.5 Å². The number of aromatic nitrogens is 2. The van der Waals surface area contributed by atoms with Crippen LogP contribution in [-0.4, -0.2) is 41.2 Å². The van der Waals surface area contributed by atoms with Gasteiger partial charge in [-0.15, -0.1) is 0 Å². The summed E-state index contributed by atoms with van der Waals surface area (Å²) in [6.07, 6.45) is 0. The van der Waals surface area contributed by atoms with Gasteiger partial charge < -0.3 is 10.2 Å². The fraction of sp³-hybridized carbons (Fsp3) is 0.160. The number of carbonyl (C=O) groups is 1. The number of nitrogens with zero attached hydrogens (tertiary/aromatic N) is 3.